The maximum absolute atomic E-state index is 10.8. The van der Waals surface area contributed by atoms with Crippen LogP contribution in [0.1, 0.15) is 30.4 Å². The molecule has 3 aliphatic carbocycles. The minimum absolute atomic E-state index is 0.250. The van der Waals surface area contributed by atoms with E-state index < -0.39 is 11.0 Å². The predicted molar refractivity (Wildman–Crippen MR) is 99.2 cm³/mol. The van der Waals surface area contributed by atoms with Crippen molar-refractivity contribution >= 4 is 11.6 Å². The third-order valence-electron chi connectivity index (χ3n) is 7.46. The lowest BCUT2D eigenvalue weighted by molar-refractivity contribution is -0.0419. The summed E-state index contributed by atoms with van der Waals surface area (Å²) in [6.07, 6.45) is 7.51. The first-order valence-corrected chi connectivity index (χ1v) is 10.1. The second kappa shape index (κ2) is 4.98. The van der Waals surface area contributed by atoms with Crippen LogP contribution in [0.3, 0.4) is 0 Å². The second-order valence-corrected chi connectivity index (χ2v) is 9.29. The molecule has 1 aromatic rings. The van der Waals surface area contributed by atoms with Gasteiger partial charge in [-0.1, -0.05) is 18.2 Å². The van der Waals surface area contributed by atoms with Gasteiger partial charge in [0.1, 0.15) is 12.2 Å². The van der Waals surface area contributed by atoms with Crippen LogP contribution in [0.2, 0.25) is 0 Å². The van der Waals surface area contributed by atoms with Crippen LogP contribution in [0, 0.1) is 5.92 Å². The highest BCUT2D eigenvalue weighted by Crippen LogP contribution is 2.66. The number of aliphatic hydroxyl groups excluding tert-OH is 1. The summed E-state index contributed by atoms with van der Waals surface area (Å²) >= 11 is 7.49. The summed E-state index contributed by atoms with van der Waals surface area (Å²) in [5.74, 6) is 2.39. The number of methoxy groups -OCH3 is 1. The molecule has 1 N–H and O–H groups in total. The Hall–Kier alpha value is -1.23. The van der Waals surface area contributed by atoms with Crippen LogP contribution in [-0.2, 0) is 11.8 Å². The molecular weight excluding hydrogens is 350 g/mol. The molecular formula is C21H24ClNO3. The summed E-state index contributed by atoms with van der Waals surface area (Å²) in [6.45, 7) is 2.17. The number of likely N-dealkylation sites (tertiary alicyclic amines) is 1. The quantitative estimate of drug-likeness (QED) is 0.653. The Labute approximate surface area is 158 Å². The van der Waals surface area contributed by atoms with Crippen LogP contribution >= 0.6 is 11.6 Å². The van der Waals surface area contributed by atoms with Gasteiger partial charge < -0.3 is 14.6 Å². The Kier molecular flexibility index (Phi) is 3.02. The van der Waals surface area contributed by atoms with Crippen molar-refractivity contribution in [3.8, 4) is 11.5 Å². The number of ether oxygens (including phenoxy) is 2. The number of nitrogens with zero attached hydrogens (tertiary/aromatic N) is 1. The summed E-state index contributed by atoms with van der Waals surface area (Å²) in [6, 6.07) is 4.43. The Morgan fingerprint density at radius 2 is 2.23 bits per heavy atom. The summed E-state index contributed by atoms with van der Waals surface area (Å²) in [7, 11) is 1.67. The van der Waals surface area contributed by atoms with Gasteiger partial charge >= 0.3 is 0 Å². The molecule has 2 aliphatic heterocycles. The molecule has 4 nitrogen and oxygen atoms in total. The molecule has 1 saturated carbocycles. The van der Waals surface area contributed by atoms with Crippen molar-refractivity contribution < 1.29 is 14.6 Å². The van der Waals surface area contributed by atoms with Gasteiger partial charge in [-0.25, -0.2) is 0 Å². The highest BCUT2D eigenvalue weighted by molar-refractivity contribution is 6.27. The number of halogens is 1. The van der Waals surface area contributed by atoms with Crippen LogP contribution in [-0.4, -0.2) is 53.3 Å². The first-order chi connectivity index (χ1) is 12.6. The van der Waals surface area contributed by atoms with E-state index in [1.54, 1.807) is 7.11 Å². The molecule has 1 aromatic carbocycles. The van der Waals surface area contributed by atoms with Crippen LogP contribution in [0.4, 0.5) is 0 Å². The Morgan fingerprint density at radius 1 is 1.38 bits per heavy atom. The zero-order chi connectivity index (χ0) is 17.7. The third kappa shape index (κ3) is 1.70. The molecule has 1 spiro atoms. The van der Waals surface area contributed by atoms with Crippen molar-refractivity contribution in [3.63, 3.8) is 0 Å². The Morgan fingerprint density at radius 3 is 3.00 bits per heavy atom. The smallest absolute Gasteiger partial charge is 0.166 e. The van der Waals surface area contributed by atoms with Crippen LogP contribution in [0.15, 0.2) is 24.3 Å². The maximum Gasteiger partial charge on any atom is 0.166 e. The number of benzene rings is 1. The van der Waals surface area contributed by atoms with E-state index in [2.05, 4.69) is 17.0 Å². The molecule has 6 rings (SSSR count). The fourth-order valence-electron chi connectivity index (χ4n) is 6.12. The number of alkyl halides is 1. The molecule has 1 saturated heterocycles. The molecule has 2 fully saturated rings. The molecule has 0 amide bonds. The molecule has 26 heavy (non-hydrogen) atoms. The SMILES string of the molecule is COc1ccc2c3c1O[C@H]1[C@@H](O)C=C[C@@]4(Cl)[C@@H](C2)N(CC2CC2)CC[C@]314. The van der Waals surface area contributed by atoms with Crippen molar-refractivity contribution in [2.75, 3.05) is 20.2 Å². The fourth-order valence-corrected chi connectivity index (χ4v) is 6.70. The number of hydrogen-bond donors (Lipinski definition) is 1. The zero-order valence-corrected chi connectivity index (χ0v) is 15.7. The molecule has 5 aliphatic rings. The lowest BCUT2D eigenvalue weighted by atomic mass is 9.52. The lowest BCUT2D eigenvalue weighted by Gasteiger charge is -2.61. The number of rotatable bonds is 3. The van der Waals surface area contributed by atoms with Crippen molar-refractivity contribution in [2.24, 2.45) is 5.92 Å². The first kappa shape index (κ1) is 15.8. The van der Waals surface area contributed by atoms with E-state index in [4.69, 9.17) is 21.1 Å². The summed E-state index contributed by atoms with van der Waals surface area (Å²) in [4.78, 5) is 2.08. The molecule has 2 bridgehead atoms. The van der Waals surface area contributed by atoms with Crippen LogP contribution in [0.5, 0.6) is 11.5 Å². The van der Waals surface area contributed by atoms with Gasteiger partial charge in [-0.2, -0.15) is 0 Å². The van der Waals surface area contributed by atoms with E-state index in [0.717, 1.165) is 43.3 Å². The summed E-state index contributed by atoms with van der Waals surface area (Å²) in [5, 5.41) is 10.8. The molecule has 5 atom stereocenters. The van der Waals surface area contributed by atoms with Gasteiger partial charge in [0.25, 0.3) is 0 Å². The van der Waals surface area contributed by atoms with Crippen molar-refractivity contribution in [3.05, 3.63) is 35.4 Å². The van der Waals surface area contributed by atoms with Gasteiger partial charge in [-0.05, 0) is 49.8 Å². The monoisotopic (exact) mass is 373 g/mol. The van der Waals surface area contributed by atoms with E-state index in [-0.39, 0.29) is 17.6 Å². The number of hydrogen-bond acceptors (Lipinski definition) is 4. The summed E-state index contributed by atoms with van der Waals surface area (Å²) < 4.78 is 12.0. The molecule has 0 unspecified atom stereocenters. The molecule has 5 heteroatoms. The predicted octanol–water partition coefficient (Wildman–Crippen LogP) is 2.64. The Bertz CT molecular complexity index is 822. The van der Waals surface area contributed by atoms with Crippen molar-refractivity contribution in [1.82, 2.24) is 4.90 Å². The molecule has 0 aromatic heterocycles. The van der Waals surface area contributed by atoms with E-state index >= 15 is 0 Å². The van der Waals surface area contributed by atoms with E-state index in [1.165, 1.54) is 24.0 Å². The minimum atomic E-state index is -0.638. The summed E-state index contributed by atoms with van der Waals surface area (Å²) in [5.41, 5.74) is 2.14. The highest BCUT2D eigenvalue weighted by atomic mass is 35.5. The maximum atomic E-state index is 10.8. The third-order valence-corrected chi connectivity index (χ3v) is 8.17. The number of piperidine rings is 1. The van der Waals surface area contributed by atoms with Gasteiger partial charge in [0.2, 0.25) is 0 Å². The minimum Gasteiger partial charge on any atom is -0.493 e. The van der Waals surface area contributed by atoms with Gasteiger partial charge in [0.15, 0.2) is 11.5 Å². The molecule has 138 valence electrons. The van der Waals surface area contributed by atoms with E-state index in [9.17, 15) is 5.11 Å². The van der Waals surface area contributed by atoms with Gasteiger partial charge in [-0.15, -0.1) is 11.6 Å². The van der Waals surface area contributed by atoms with Crippen molar-refractivity contribution in [2.45, 2.75) is 54.2 Å². The van der Waals surface area contributed by atoms with Crippen molar-refractivity contribution in [1.29, 1.82) is 0 Å². The molecule has 2 heterocycles. The highest BCUT2D eigenvalue weighted by Gasteiger charge is 2.71. The number of aliphatic hydroxyl groups is 1. The standard InChI is InChI=1S/C21H24ClNO3/c1-25-15-5-4-13-10-16-21(22)7-6-14(24)19-20(21,17(13)18(15)26-19)8-9-23(16)11-12-2-3-12/h4-7,12,14,16,19,24H,2-3,8-11H2,1H3/t14-,16+,19-,20-,21+/m0/s1. The van der Waals surface area contributed by atoms with Gasteiger partial charge in [0.05, 0.1) is 17.4 Å². The Balaban J connectivity index is 1.58. The van der Waals surface area contributed by atoms with Crippen LogP contribution in [0.25, 0.3) is 0 Å². The normalized spacial score (nSPS) is 42.3. The average molecular weight is 374 g/mol. The largest absolute Gasteiger partial charge is 0.493 e. The zero-order valence-electron chi connectivity index (χ0n) is 15.0. The van der Waals surface area contributed by atoms with Gasteiger partial charge in [-0.3, -0.25) is 4.90 Å². The second-order valence-electron chi connectivity index (χ2n) is 8.67. The molecule has 0 radical (unpaired) electrons. The topological polar surface area (TPSA) is 41.9 Å². The average Bonchev–Trinajstić information content (AvgIpc) is 3.37. The first-order valence-electron chi connectivity index (χ1n) is 9.76. The van der Waals surface area contributed by atoms with E-state index in [1.807, 2.05) is 12.1 Å². The van der Waals surface area contributed by atoms with Gasteiger partial charge in [0, 0.05) is 18.2 Å². The van der Waals surface area contributed by atoms with Crippen LogP contribution < -0.4 is 9.47 Å². The fraction of sp³-hybridized carbons (Fsp3) is 0.619. The lowest BCUT2D eigenvalue weighted by Crippen LogP contribution is -2.73. The van der Waals surface area contributed by atoms with E-state index in [0.29, 0.717) is 0 Å².